The van der Waals surface area contributed by atoms with Crippen LogP contribution in [0.1, 0.15) is 0 Å². The fourth-order valence-electron chi connectivity index (χ4n) is 0.956. The Labute approximate surface area is 87.1 Å². The third-order valence-electron chi connectivity index (χ3n) is 1.60. The normalized spacial score (nSPS) is 10.3. The van der Waals surface area contributed by atoms with Crippen molar-refractivity contribution in [2.45, 2.75) is 0 Å². The first-order chi connectivity index (χ1) is 7.26. The van der Waals surface area contributed by atoms with Crippen LogP contribution < -0.4 is 9.47 Å². The van der Waals surface area contributed by atoms with Gasteiger partial charge in [-0.3, -0.25) is 0 Å². The Morgan fingerprint density at radius 2 is 2.20 bits per heavy atom. The van der Waals surface area contributed by atoms with E-state index in [-0.39, 0.29) is 0 Å². The third kappa shape index (κ3) is 3.81. The van der Waals surface area contributed by atoms with Crippen LogP contribution in [0.2, 0.25) is 0 Å². The molecule has 1 aromatic rings. The maximum absolute atomic E-state index is 11.7. The van der Waals surface area contributed by atoms with Gasteiger partial charge in [-0.05, 0) is 18.2 Å². The lowest BCUT2D eigenvalue weighted by atomic mass is 10.3. The number of carbonyl (C=O) groups is 1. The molecular weight excluding hydrogens is 199 g/mol. The molecule has 1 rings (SSSR count). The Hall–Kier alpha value is -1.84. The zero-order chi connectivity index (χ0) is 11.1. The molecule has 0 saturated heterocycles. The number of hydrogen-bond acceptors (Lipinski definition) is 3. The van der Waals surface area contributed by atoms with Crippen LogP contribution in [0.15, 0.2) is 36.4 Å². The minimum absolute atomic E-state index is 0.364. The average molecular weight is 210 g/mol. The average Bonchev–Trinajstić information content (AvgIpc) is 2.26. The van der Waals surface area contributed by atoms with E-state index in [2.05, 4.69) is 0 Å². The molecule has 0 aliphatic carbocycles. The maximum atomic E-state index is 11.7. The van der Waals surface area contributed by atoms with Gasteiger partial charge >= 0.3 is 5.97 Å². The summed E-state index contributed by atoms with van der Waals surface area (Å²) in [6, 6.07) is 6.61. The molecule has 4 heteroatoms. The summed E-state index contributed by atoms with van der Waals surface area (Å²) in [7, 11) is 1.52. The van der Waals surface area contributed by atoms with E-state index in [0.717, 1.165) is 12.2 Å². The van der Waals surface area contributed by atoms with E-state index in [9.17, 15) is 9.18 Å². The van der Waals surface area contributed by atoms with Crippen LogP contribution in [0.5, 0.6) is 11.5 Å². The molecule has 0 N–H and O–H groups in total. The van der Waals surface area contributed by atoms with E-state index in [1.54, 1.807) is 24.3 Å². The van der Waals surface area contributed by atoms with Crippen LogP contribution in [0, 0.1) is 0 Å². The maximum Gasteiger partial charge on any atom is 0.335 e. The first kappa shape index (κ1) is 11.2. The van der Waals surface area contributed by atoms with E-state index in [1.165, 1.54) is 7.11 Å². The van der Waals surface area contributed by atoms with Crippen LogP contribution in [-0.2, 0) is 4.79 Å². The molecule has 0 radical (unpaired) electrons. The van der Waals surface area contributed by atoms with Crippen molar-refractivity contribution in [1.82, 2.24) is 0 Å². The highest BCUT2D eigenvalue weighted by atomic mass is 19.1. The Morgan fingerprint density at radius 1 is 1.47 bits per heavy atom. The fourth-order valence-corrected chi connectivity index (χ4v) is 0.956. The highest BCUT2D eigenvalue weighted by molar-refractivity contribution is 5.84. The van der Waals surface area contributed by atoms with E-state index in [4.69, 9.17) is 9.47 Å². The Morgan fingerprint density at radius 3 is 2.87 bits per heavy atom. The standard InChI is InChI=1S/C11H11FO3/c1-14-9-4-2-5-10(8-9)15-11(13)6-3-7-12/h2-6,8H,7H2,1H3. The van der Waals surface area contributed by atoms with Gasteiger partial charge < -0.3 is 9.47 Å². The number of rotatable bonds is 4. The summed E-state index contributed by atoms with van der Waals surface area (Å²) in [6.45, 7) is -0.687. The third-order valence-corrected chi connectivity index (χ3v) is 1.60. The molecule has 0 aliphatic heterocycles. The van der Waals surface area contributed by atoms with Crippen LogP contribution in [-0.4, -0.2) is 19.8 Å². The van der Waals surface area contributed by atoms with Crippen molar-refractivity contribution in [1.29, 1.82) is 0 Å². The summed E-state index contributed by atoms with van der Waals surface area (Å²) in [5.41, 5.74) is 0. The summed E-state index contributed by atoms with van der Waals surface area (Å²) in [5, 5.41) is 0. The summed E-state index contributed by atoms with van der Waals surface area (Å²) in [5.74, 6) is 0.346. The van der Waals surface area contributed by atoms with Crippen LogP contribution >= 0.6 is 0 Å². The molecule has 0 amide bonds. The van der Waals surface area contributed by atoms with E-state index in [0.29, 0.717) is 11.5 Å². The second kappa shape index (κ2) is 5.80. The van der Waals surface area contributed by atoms with E-state index < -0.39 is 12.6 Å². The van der Waals surface area contributed by atoms with Crippen molar-refractivity contribution in [2.75, 3.05) is 13.8 Å². The topological polar surface area (TPSA) is 35.5 Å². The smallest absolute Gasteiger partial charge is 0.335 e. The number of carbonyl (C=O) groups excluding carboxylic acids is 1. The molecule has 0 bridgehead atoms. The molecule has 0 aromatic heterocycles. The van der Waals surface area contributed by atoms with E-state index in [1.807, 2.05) is 0 Å². The zero-order valence-corrected chi connectivity index (χ0v) is 8.27. The number of esters is 1. The minimum Gasteiger partial charge on any atom is -0.497 e. The zero-order valence-electron chi connectivity index (χ0n) is 8.27. The Kier molecular flexibility index (Phi) is 4.34. The molecule has 0 fully saturated rings. The predicted molar refractivity (Wildman–Crippen MR) is 53.7 cm³/mol. The van der Waals surface area contributed by atoms with E-state index >= 15 is 0 Å². The van der Waals surface area contributed by atoms with Gasteiger partial charge in [0.25, 0.3) is 0 Å². The van der Waals surface area contributed by atoms with Crippen molar-refractivity contribution in [3.8, 4) is 11.5 Å². The van der Waals surface area contributed by atoms with Crippen molar-refractivity contribution in [3.63, 3.8) is 0 Å². The predicted octanol–water partition coefficient (Wildman–Crippen LogP) is 2.13. The molecule has 1 aromatic carbocycles. The number of ether oxygens (including phenoxy) is 2. The molecule has 15 heavy (non-hydrogen) atoms. The summed E-state index contributed by atoms with van der Waals surface area (Å²) in [4.78, 5) is 11.1. The molecule has 80 valence electrons. The van der Waals surface area contributed by atoms with Gasteiger partial charge in [-0.25, -0.2) is 9.18 Å². The monoisotopic (exact) mass is 210 g/mol. The highest BCUT2D eigenvalue weighted by Gasteiger charge is 2.01. The second-order valence-electron chi connectivity index (χ2n) is 2.66. The first-order valence-electron chi connectivity index (χ1n) is 4.34. The van der Waals surface area contributed by atoms with Gasteiger partial charge in [0.15, 0.2) is 0 Å². The van der Waals surface area contributed by atoms with Gasteiger partial charge in [0, 0.05) is 12.1 Å². The molecular formula is C11H11FO3. The van der Waals surface area contributed by atoms with Gasteiger partial charge in [-0.1, -0.05) is 6.07 Å². The lowest BCUT2D eigenvalue weighted by molar-refractivity contribution is -0.129. The Bertz CT molecular complexity index is 361. The number of hydrogen-bond donors (Lipinski definition) is 0. The fraction of sp³-hybridized carbons (Fsp3) is 0.182. The molecule has 3 nitrogen and oxygen atoms in total. The lowest BCUT2D eigenvalue weighted by Crippen LogP contribution is -2.03. The van der Waals surface area contributed by atoms with Gasteiger partial charge in [0.05, 0.1) is 7.11 Å². The largest absolute Gasteiger partial charge is 0.497 e. The van der Waals surface area contributed by atoms with Gasteiger partial charge in [-0.15, -0.1) is 0 Å². The second-order valence-corrected chi connectivity index (χ2v) is 2.66. The van der Waals surface area contributed by atoms with Crippen molar-refractivity contribution < 1.29 is 18.7 Å². The number of halogens is 1. The first-order valence-corrected chi connectivity index (χ1v) is 4.34. The molecule has 0 heterocycles. The summed E-state index contributed by atoms with van der Waals surface area (Å²) < 4.78 is 21.5. The molecule has 0 aliphatic rings. The van der Waals surface area contributed by atoms with Crippen LogP contribution in [0.4, 0.5) is 4.39 Å². The number of benzene rings is 1. The Balaban J connectivity index is 2.64. The summed E-state index contributed by atoms with van der Waals surface area (Å²) in [6.07, 6.45) is 2.13. The van der Waals surface area contributed by atoms with Gasteiger partial charge in [0.2, 0.25) is 0 Å². The number of alkyl halides is 1. The molecule has 0 saturated carbocycles. The van der Waals surface area contributed by atoms with Crippen LogP contribution in [0.3, 0.4) is 0 Å². The van der Waals surface area contributed by atoms with Gasteiger partial charge in [-0.2, -0.15) is 0 Å². The quantitative estimate of drug-likeness (QED) is 0.434. The lowest BCUT2D eigenvalue weighted by Gasteiger charge is -2.03. The van der Waals surface area contributed by atoms with Gasteiger partial charge in [0.1, 0.15) is 18.2 Å². The number of methoxy groups -OCH3 is 1. The molecule has 0 unspecified atom stereocenters. The molecule has 0 atom stereocenters. The minimum atomic E-state index is -0.687. The SMILES string of the molecule is COc1cccc(OC(=O)C=CCF)c1. The summed E-state index contributed by atoms with van der Waals surface area (Å²) >= 11 is 0. The highest BCUT2D eigenvalue weighted by Crippen LogP contribution is 2.18. The van der Waals surface area contributed by atoms with Crippen molar-refractivity contribution in [2.24, 2.45) is 0 Å². The van der Waals surface area contributed by atoms with Crippen molar-refractivity contribution >= 4 is 5.97 Å². The van der Waals surface area contributed by atoms with Crippen molar-refractivity contribution in [3.05, 3.63) is 36.4 Å². The molecule has 0 spiro atoms. The number of allylic oxidation sites excluding steroid dienone is 1. The van der Waals surface area contributed by atoms with Crippen LogP contribution in [0.25, 0.3) is 0 Å².